The lowest BCUT2D eigenvalue weighted by atomic mass is 10.1. The van der Waals surface area contributed by atoms with Gasteiger partial charge in [0.05, 0.1) is 12.6 Å². The van der Waals surface area contributed by atoms with Crippen LogP contribution in [0.1, 0.15) is 24.0 Å². The molecule has 5 rings (SSSR count). The van der Waals surface area contributed by atoms with Crippen LogP contribution in [0.4, 0.5) is 0 Å². The monoisotopic (exact) mass is 401 g/mol. The molecule has 1 atom stereocenters. The largest absolute Gasteiger partial charge is 0.454 e. The van der Waals surface area contributed by atoms with Gasteiger partial charge in [-0.15, -0.1) is 0 Å². The standard InChI is InChI=1S/C25H27N3O2/c1-29-22-11-7-13-27(18-22)16-21-17-28(15-19-8-3-2-4-9-19)26-25(21)24-14-20-10-5-6-12-23(20)30-24/h2-6,8-10,12,14,17,22H,7,11,13,15-16,18H2,1H3/t22-/m0/s1. The number of rotatable bonds is 6. The van der Waals surface area contributed by atoms with E-state index in [1.807, 2.05) is 36.1 Å². The number of fused-ring (bicyclic) bond motifs is 1. The molecule has 1 aliphatic heterocycles. The molecular formula is C25H27N3O2. The highest BCUT2D eigenvalue weighted by molar-refractivity contribution is 5.82. The van der Waals surface area contributed by atoms with E-state index in [9.17, 15) is 0 Å². The molecule has 0 saturated carbocycles. The molecule has 4 aromatic rings. The van der Waals surface area contributed by atoms with Gasteiger partial charge in [-0.1, -0.05) is 48.5 Å². The van der Waals surface area contributed by atoms with Gasteiger partial charge >= 0.3 is 0 Å². The molecule has 0 amide bonds. The van der Waals surface area contributed by atoms with Crippen LogP contribution in [0.2, 0.25) is 0 Å². The van der Waals surface area contributed by atoms with Crippen molar-refractivity contribution in [1.29, 1.82) is 0 Å². The number of benzene rings is 2. The van der Waals surface area contributed by atoms with Gasteiger partial charge in [-0.25, -0.2) is 0 Å². The fourth-order valence-electron chi connectivity index (χ4n) is 4.33. The number of likely N-dealkylation sites (tertiary alicyclic amines) is 1. The van der Waals surface area contributed by atoms with Crippen LogP contribution in [-0.4, -0.2) is 41.0 Å². The van der Waals surface area contributed by atoms with Crippen molar-refractivity contribution in [3.8, 4) is 11.5 Å². The van der Waals surface area contributed by atoms with E-state index in [2.05, 4.69) is 47.5 Å². The molecule has 0 unspecified atom stereocenters. The molecule has 3 heterocycles. The number of hydrogen-bond acceptors (Lipinski definition) is 4. The average Bonchev–Trinajstić information content (AvgIpc) is 3.38. The minimum Gasteiger partial charge on any atom is -0.454 e. The van der Waals surface area contributed by atoms with Crippen LogP contribution in [-0.2, 0) is 17.8 Å². The highest BCUT2D eigenvalue weighted by Gasteiger charge is 2.23. The molecular weight excluding hydrogens is 374 g/mol. The van der Waals surface area contributed by atoms with Crippen molar-refractivity contribution in [1.82, 2.24) is 14.7 Å². The molecule has 1 saturated heterocycles. The molecule has 0 bridgehead atoms. The molecule has 5 nitrogen and oxygen atoms in total. The molecule has 0 radical (unpaired) electrons. The summed E-state index contributed by atoms with van der Waals surface area (Å²) in [5, 5.41) is 6.05. The van der Waals surface area contributed by atoms with Crippen LogP contribution in [0.15, 0.2) is 71.3 Å². The zero-order valence-electron chi connectivity index (χ0n) is 17.3. The molecule has 2 aromatic carbocycles. The summed E-state index contributed by atoms with van der Waals surface area (Å²) in [5.41, 5.74) is 4.26. The smallest absolute Gasteiger partial charge is 0.156 e. The quantitative estimate of drug-likeness (QED) is 0.458. The molecule has 5 heteroatoms. The minimum atomic E-state index is 0.313. The Balaban J connectivity index is 1.48. The van der Waals surface area contributed by atoms with Crippen LogP contribution in [0.5, 0.6) is 0 Å². The van der Waals surface area contributed by atoms with Crippen LogP contribution in [0.25, 0.3) is 22.4 Å². The second-order valence-electron chi connectivity index (χ2n) is 8.07. The van der Waals surface area contributed by atoms with E-state index in [-0.39, 0.29) is 0 Å². The van der Waals surface area contributed by atoms with Gasteiger partial charge in [-0.3, -0.25) is 9.58 Å². The molecule has 1 fully saturated rings. The predicted octanol–water partition coefficient (Wildman–Crippen LogP) is 4.96. The SMILES string of the molecule is CO[C@H]1CCCN(Cc2cn(Cc3ccccc3)nc2-c2cc3ccccc3o2)C1. The number of aromatic nitrogens is 2. The van der Waals surface area contributed by atoms with Gasteiger partial charge in [0.2, 0.25) is 0 Å². The summed E-state index contributed by atoms with van der Waals surface area (Å²) in [6.07, 6.45) is 4.78. The number of furan rings is 1. The summed E-state index contributed by atoms with van der Waals surface area (Å²) >= 11 is 0. The Labute approximate surface area is 176 Å². The van der Waals surface area contributed by atoms with Crippen LogP contribution < -0.4 is 0 Å². The first-order valence-electron chi connectivity index (χ1n) is 10.6. The molecule has 2 aromatic heterocycles. The van der Waals surface area contributed by atoms with Gasteiger partial charge in [-0.2, -0.15) is 5.10 Å². The second kappa shape index (κ2) is 8.46. The van der Waals surface area contributed by atoms with Gasteiger partial charge in [0, 0.05) is 37.3 Å². The summed E-state index contributed by atoms with van der Waals surface area (Å²) in [7, 11) is 1.81. The lowest BCUT2D eigenvalue weighted by molar-refractivity contribution is 0.0286. The highest BCUT2D eigenvalue weighted by atomic mass is 16.5. The minimum absolute atomic E-state index is 0.313. The number of hydrogen-bond donors (Lipinski definition) is 0. The van der Waals surface area contributed by atoms with Crippen LogP contribution in [0, 0.1) is 0 Å². The zero-order valence-corrected chi connectivity index (χ0v) is 17.3. The van der Waals surface area contributed by atoms with Crippen molar-refractivity contribution in [2.75, 3.05) is 20.2 Å². The molecule has 1 aliphatic rings. The summed E-state index contributed by atoms with van der Waals surface area (Å²) < 4.78 is 13.8. The summed E-state index contributed by atoms with van der Waals surface area (Å²) in [6.45, 7) is 3.64. The Morgan fingerprint density at radius 3 is 2.73 bits per heavy atom. The lowest BCUT2D eigenvalue weighted by Gasteiger charge is -2.31. The fourth-order valence-corrected chi connectivity index (χ4v) is 4.33. The molecule has 0 aliphatic carbocycles. The maximum Gasteiger partial charge on any atom is 0.156 e. The van der Waals surface area contributed by atoms with Gasteiger partial charge < -0.3 is 9.15 Å². The number of ether oxygens (including phenoxy) is 1. The van der Waals surface area contributed by atoms with E-state index < -0.39 is 0 Å². The van der Waals surface area contributed by atoms with Gasteiger partial charge in [-0.05, 0) is 37.1 Å². The number of piperidine rings is 1. The maximum atomic E-state index is 6.17. The number of nitrogens with zero attached hydrogens (tertiary/aromatic N) is 3. The first kappa shape index (κ1) is 19.1. The Morgan fingerprint density at radius 2 is 1.90 bits per heavy atom. The third-order valence-electron chi connectivity index (χ3n) is 5.87. The Morgan fingerprint density at radius 1 is 1.07 bits per heavy atom. The second-order valence-corrected chi connectivity index (χ2v) is 8.07. The van der Waals surface area contributed by atoms with E-state index in [0.29, 0.717) is 6.10 Å². The van der Waals surface area contributed by atoms with Crippen LogP contribution >= 0.6 is 0 Å². The van der Waals surface area contributed by atoms with Crippen molar-refractivity contribution in [3.63, 3.8) is 0 Å². The molecule has 30 heavy (non-hydrogen) atoms. The predicted molar refractivity (Wildman–Crippen MR) is 118 cm³/mol. The van der Waals surface area contributed by atoms with Crippen molar-refractivity contribution >= 4 is 11.0 Å². The third kappa shape index (κ3) is 4.04. The number of methoxy groups -OCH3 is 1. The van der Waals surface area contributed by atoms with E-state index >= 15 is 0 Å². The average molecular weight is 402 g/mol. The first-order valence-corrected chi connectivity index (χ1v) is 10.6. The van der Waals surface area contributed by atoms with Crippen molar-refractivity contribution < 1.29 is 9.15 Å². The van der Waals surface area contributed by atoms with E-state index in [0.717, 1.165) is 61.4 Å². The van der Waals surface area contributed by atoms with Crippen molar-refractivity contribution in [2.24, 2.45) is 0 Å². The summed E-state index contributed by atoms with van der Waals surface area (Å²) in [5.74, 6) is 0.832. The molecule has 154 valence electrons. The van der Waals surface area contributed by atoms with Gasteiger partial charge in [0.1, 0.15) is 11.3 Å². The lowest BCUT2D eigenvalue weighted by Crippen LogP contribution is -2.38. The Bertz CT molecular complexity index is 1080. The fraction of sp³-hybridized carbons (Fsp3) is 0.320. The summed E-state index contributed by atoms with van der Waals surface area (Å²) in [4.78, 5) is 2.47. The first-order chi connectivity index (χ1) is 14.8. The van der Waals surface area contributed by atoms with Gasteiger partial charge in [0.25, 0.3) is 0 Å². The summed E-state index contributed by atoms with van der Waals surface area (Å²) in [6, 6.07) is 20.7. The van der Waals surface area contributed by atoms with Crippen molar-refractivity contribution in [3.05, 3.63) is 78.0 Å². The van der Waals surface area contributed by atoms with E-state index in [1.165, 1.54) is 11.1 Å². The topological polar surface area (TPSA) is 43.4 Å². The highest BCUT2D eigenvalue weighted by Crippen LogP contribution is 2.30. The Hall–Kier alpha value is -2.89. The van der Waals surface area contributed by atoms with Crippen molar-refractivity contribution in [2.45, 2.75) is 32.0 Å². The van der Waals surface area contributed by atoms with E-state index in [1.54, 1.807) is 0 Å². The van der Waals surface area contributed by atoms with Crippen LogP contribution in [0.3, 0.4) is 0 Å². The maximum absolute atomic E-state index is 6.17. The van der Waals surface area contributed by atoms with E-state index in [4.69, 9.17) is 14.3 Å². The zero-order chi connectivity index (χ0) is 20.3. The normalized spacial score (nSPS) is 17.6. The third-order valence-corrected chi connectivity index (χ3v) is 5.87. The van der Waals surface area contributed by atoms with Gasteiger partial charge in [0.15, 0.2) is 5.76 Å². The molecule has 0 spiro atoms. The Kier molecular flexibility index (Phi) is 5.39. The number of para-hydroxylation sites is 1. The molecule has 0 N–H and O–H groups in total.